The van der Waals surface area contributed by atoms with Crippen molar-refractivity contribution in [3.05, 3.63) is 42.2 Å². The van der Waals surface area contributed by atoms with E-state index >= 15 is 0 Å². The molecule has 0 bridgehead atoms. The average Bonchev–Trinajstić information content (AvgIpc) is 3.30. The predicted octanol–water partition coefficient (Wildman–Crippen LogP) is 2.24. The van der Waals surface area contributed by atoms with E-state index in [1.165, 1.54) is 12.7 Å². The number of aliphatic hydroxyl groups excluding tert-OH is 1. The molecule has 3 N–H and O–H groups in total. The fourth-order valence-corrected chi connectivity index (χ4v) is 2.91. The van der Waals surface area contributed by atoms with Crippen molar-refractivity contribution >= 4 is 23.4 Å². The van der Waals surface area contributed by atoms with Crippen molar-refractivity contribution < 1.29 is 14.3 Å². The quantitative estimate of drug-likeness (QED) is 0.539. The molecule has 3 aromatic rings. The van der Waals surface area contributed by atoms with Gasteiger partial charge in [0.15, 0.2) is 0 Å². The van der Waals surface area contributed by atoms with E-state index in [1.54, 1.807) is 16.8 Å². The van der Waals surface area contributed by atoms with Crippen LogP contribution in [-0.2, 0) is 4.79 Å². The third kappa shape index (κ3) is 4.10. The van der Waals surface area contributed by atoms with Crippen LogP contribution in [0.2, 0.25) is 0 Å². The van der Waals surface area contributed by atoms with E-state index in [4.69, 9.17) is 0 Å². The van der Waals surface area contributed by atoms with E-state index in [2.05, 4.69) is 35.8 Å². The molecule has 1 fully saturated rings. The lowest BCUT2D eigenvalue weighted by Crippen LogP contribution is -2.16. The zero-order valence-corrected chi connectivity index (χ0v) is 16.4. The van der Waals surface area contributed by atoms with Gasteiger partial charge >= 0.3 is 0 Å². The van der Waals surface area contributed by atoms with E-state index in [0.29, 0.717) is 29.6 Å². The van der Waals surface area contributed by atoms with Crippen LogP contribution in [-0.4, -0.2) is 46.9 Å². The van der Waals surface area contributed by atoms with Gasteiger partial charge in [0.2, 0.25) is 11.9 Å². The van der Waals surface area contributed by atoms with Gasteiger partial charge in [-0.2, -0.15) is 0 Å². The second-order valence-corrected chi connectivity index (χ2v) is 7.11. The molecular weight excluding hydrogens is 391 g/mol. The number of nitrogens with zero attached hydrogens (tertiary/aromatic N) is 6. The van der Waals surface area contributed by atoms with Crippen LogP contribution in [0, 0.1) is 12.8 Å². The lowest BCUT2D eigenvalue weighted by Gasteiger charge is -2.13. The highest BCUT2D eigenvalue weighted by atomic mass is 19.1. The van der Waals surface area contributed by atoms with E-state index < -0.39 is 24.1 Å². The number of carbonyl (C=O) groups excluding carboxylic acids is 1. The summed E-state index contributed by atoms with van der Waals surface area (Å²) in [6, 6.07) is 3.36. The first-order valence-corrected chi connectivity index (χ1v) is 9.55. The first-order valence-electron chi connectivity index (χ1n) is 9.55. The topological polar surface area (TPSA) is 131 Å². The number of nitrogens with one attached hydrogen (secondary N) is 2. The van der Waals surface area contributed by atoms with Gasteiger partial charge in [-0.25, -0.2) is 14.4 Å². The maximum atomic E-state index is 13.1. The monoisotopic (exact) mass is 412 g/mol. The number of anilines is 3. The maximum Gasteiger partial charge on any atom is 0.234 e. The smallest absolute Gasteiger partial charge is 0.234 e. The molecule has 3 aromatic heterocycles. The molecule has 1 amide bonds. The van der Waals surface area contributed by atoms with E-state index in [0.717, 1.165) is 5.56 Å². The van der Waals surface area contributed by atoms with Crippen LogP contribution in [0.15, 0.2) is 31.0 Å². The number of aromatic nitrogens is 6. The Morgan fingerprint density at radius 3 is 2.87 bits per heavy atom. The normalized spacial score (nSPS) is 18.7. The van der Waals surface area contributed by atoms with Gasteiger partial charge in [0.25, 0.3) is 0 Å². The summed E-state index contributed by atoms with van der Waals surface area (Å²) in [6.45, 7) is 3.78. The van der Waals surface area contributed by atoms with Crippen molar-refractivity contribution in [2.75, 3.05) is 10.6 Å². The Morgan fingerprint density at radius 1 is 1.37 bits per heavy atom. The minimum atomic E-state index is -1.08. The maximum absolute atomic E-state index is 13.1. The first kappa shape index (κ1) is 19.8. The molecule has 0 aliphatic heterocycles. The minimum Gasteiger partial charge on any atom is -0.387 e. The summed E-state index contributed by atoms with van der Waals surface area (Å²) >= 11 is 0. The second kappa shape index (κ2) is 8.11. The molecule has 0 saturated heterocycles. The molecule has 3 atom stereocenters. The van der Waals surface area contributed by atoms with Crippen molar-refractivity contribution in [1.29, 1.82) is 0 Å². The third-order valence-corrected chi connectivity index (χ3v) is 4.85. The number of rotatable bonds is 7. The summed E-state index contributed by atoms with van der Waals surface area (Å²) < 4.78 is 14.7. The van der Waals surface area contributed by atoms with Crippen LogP contribution in [0.3, 0.4) is 0 Å². The summed E-state index contributed by atoms with van der Waals surface area (Å²) in [7, 11) is 0. The Kier molecular flexibility index (Phi) is 5.36. The SMILES string of the molecule is CCC(O)c1cc(C)c(Nc2nncn2-c2cc(NC(=O)[C@H]3C[C@H]3F)ncn2)cn1. The molecule has 3 heterocycles. The first-order chi connectivity index (χ1) is 14.5. The van der Waals surface area contributed by atoms with Crippen molar-refractivity contribution in [3.8, 4) is 5.82 Å². The van der Waals surface area contributed by atoms with Gasteiger partial charge in [0.1, 0.15) is 30.5 Å². The van der Waals surface area contributed by atoms with Gasteiger partial charge in [-0.05, 0) is 31.4 Å². The van der Waals surface area contributed by atoms with Crippen LogP contribution >= 0.6 is 0 Å². The number of hydrogen-bond acceptors (Lipinski definition) is 8. The molecule has 1 aliphatic carbocycles. The largest absolute Gasteiger partial charge is 0.387 e. The zero-order valence-electron chi connectivity index (χ0n) is 16.4. The number of halogens is 1. The van der Waals surface area contributed by atoms with Gasteiger partial charge in [-0.1, -0.05) is 6.92 Å². The van der Waals surface area contributed by atoms with Crippen LogP contribution in [0.25, 0.3) is 5.82 Å². The van der Waals surface area contributed by atoms with Crippen LogP contribution in [0.1, 0.15) is 37.1 Å². The fourth-order valence-electron chi connectivity index (χ4n) is 2.91. The summed E-state index contributed by atoms with van der Waals surface area (Å²) in [4.78, 5) is 24.4. The van der Waals surface area contributed by atoms with Crippen molar-refractivity contribution in [2.45, 2.75) is 39.0 Å². The summed E-state index contributed by atoms with van der Waals surface area (Å²) in [5, 5.41) is 23.7. The summed E-state index contributed by atoms with van der Waals surface area (Å²) in [5.41, 5.74) is 2.17. The molecule has 10 nitrogen and oxygen atoms in total. The Hall–Kier alpha value is -3.47. The highest BCUT2D eigenvalue weighted by Gasteiger charge is 2.43. The van der Waals surface area contributed by atoms with E-state index in [-0.39, 0.29) is 12.2 Å². The van der Waals surface area contributed by atoms with Crippen molar-refractivity contribution in [3.63, 3.8) is 0 Å². The second-order valence-electron chi connectivity index (χ2n) is 7.11. The lowest BCUT2D eigenvalue weighted by atomic mass is 10.1. The molecule has 4 rings (SSSR count). The number of pyridine rings is 1. The molecule has 30 heavy (non-hydrogen) atoms. The number of hydrogen-bond donors (Lipinski definition) is 3. The Morgan fingerprint density at radius 2 is 2.17 bits per heavy atom. The lowest BCUT2D eigenvalue weighted by molar-refractivity contribution is -0.117. The Labute approximate surface area is 171 Å². The molecule has 11 heteroatoms. The summed E-state index contributed by atoms with van der Waals surface area (Å²) in [6.07, 6.45) is 3.50. The molecular formula is C19H21FN8O2. The van der Waals surface area contributed by atoms with Crippen LogP contribution in [0.4, 0.5) is 21.8 Å². The fraction of sp³-hybridized carbons (Fsp3) is 0.368. The number of aryl methyl sites for hydroxylation is 1. The molecule has 1 unspecified atom stereocenters. The highest BCUT2D eigenvalue weighted by molar-refractivity contribution is 5.94. The van der Waals surface area contributed by atoms with E-state index in [1.807, 2.05) is 19.9 Å². The highest BCUT2D eigenvalue weighted by Crippen LogP contribution is 2.34. The molecule has 0 spiro atoms. The number of carbonyl (C=O) groups is 1. The van der Waals surface area contributed by atoms with Gasteiger partial charge in [0, 0.05) is 6.07 Å². The minimum absolute atomic E-state index is 0.241. The van der Waals surface area contributed by atoms with Gasteiger partial charge in [-0.3, -0.25) is 14.3 Å². The number of alkyl halides is 1. The molecule has 1 aliphatic rings. The Balaban J connectivity index is 1.54. The molecule has 0 radical (unpaired) electrons. The van der Waals surface area contributed by atoms with Gasteiger partial charge in [0.05, 0.1) is 29.6 Å². The van der Waals surface area contributed by atoms with Crippen LogP contribution < -0.4 is 10.6 Å². The zero-order chi connectivity index (χ0) is 21.3. The number of aliphatic hydroxyl groups is 1. The average molecular weight is 412 g/mol. The standard InChI is InChI=1S/C19H21FN8O2/c1-3-15(29)13-4-10(2)14(7-21-13)25-19-27-24-9-28(19)17-6-16(22-8-23-17)26-18(30)11-5-12(11)20/h4,6-9,11-12,15,29H,3,5H2,1-2H3,(H,25,27)(H,22,23,26,30)/t11-,12+,15?/m0/s1. The predicted molar refractivity (Wildman–Crippen MR) is 106 cm³/mol. The van der Waals surface area contributed by atoms with E-state index in [9.17, 15) is 14.3 Å². The molecule has 0 aromatic carbocycles. The Bertz CT molecular complexity index is 1070. The van der Waals surface area contributed by atoms with Crippen molar-refractivity contribution in [1.82, 2.24) is 29.7 Å². The van der Waals surface area contributed by atoms with Gasteiger partial charge in [-0.15, -0.1) is 10.2 Å². The third-order valence-electron chi connectivity index (χ3n) is 4.85. The molecule has 1 saturated carbocycles. The summed E-state index contributed by atoms with van der Waals surface area (Å²) in [5.74, 6) is 0.0553. The van der Waals surface area contributed by atoms with Crippen molar-refractivity contribution in [2.24, 2.45) is 5.92 Å². The van der Waals surface area contributed by atoms with Gasteiger partial charge < -0.3 is 15.7 Å². The number of amides is 1. The molecule has 156 valence electrons. The van der Waals surface area contributed by atoms with Crippen LogP contribution in [0.5, 0.6) is 0 Å².